The molecule has 0 amide bonds. The minimum absolute atomic E-state index is 0.275. The molecule has 4 nitrogen and oxygen atoms in total. The number of rotatable bonds is 5. The number of aryl methyl sites for hydroxylation is 1. The van der Waals surface area contributed by atoms with Crippen LogP contribution < -0.4 is 5.32 Å². The summed E-state index contributed by atoms with van der Waals surface area (Å²) in [6.07, 6.45) is -2.72. The molecule has 4 aromatic rings. The Morgan fingerprint density at radius 2 is 1.54 bits per heavy atom. The molecule has 1 aliphatic heterocycles. The average Bonchev–Trinajstić information content (AvgIpc) is 3.22. The van der Waals surface area contributed by atoms with Crippen LogP contribution in [-0.4, -0.2) is 40.6 Å². The first-order valence-corrected chi connectivity index (χ1v) is 11.7. The zero-order valence-corrected chi connectivity index (χ0v) is 19.5. The highest BCUT2D eigenvalue weighted by molar-refractivity contribution is 5.69. The smallest absolute Gasteiger partial charge is 0.314 e. The molecule has 1 unspecified atom stereocenters. The van der Waals surface area contributed by atoms with Gasteiger partial charge in [-0.05, 0) is 42.3 Å². The summed E-state index contributed by atoms with van der Waals surface area (Å²) in [5, 5.41) is 3.33. The fraction of sp³-hybridized carbons (Fsp3) is 0.250. The van der Waals surface area contributed by atoms with Crippen LogP contribution in [-0.2, 0) is 6.18 Å². The van der Waals surface area contributed by atoms with Gasteiger partial charge in [0.1, 0.15) is 5.82 Å². The van der Waals surface area contributed by atoms with Crippen LogP contribution in [0.2, 0.25) is 0 Å². The minimum atomic E-state index is -4.45. The average molecular weight is 477 g/mol. The van der Waals surface area contributed by atoms with Crippen molar-refractivity contribution in [2.75, 3.05) is 26.2 Å². The van der Waals surface area contributed by atoms with Crippen LogP contribution in [0, 0.1) is 6.92 Å². The van der Waals surface area contributed by atoms with Crippen molar-refractivity contribution in [3.8, 4) is 17.1 Å². The van der Waals surface area contributed by atoms with E-state index in [1.807, 2.05) is 61.5 Å². The lowest BCUT2D eigenvalue weighted by Crippen LogP contribution is -2.45. The van der Waals surface area contributed by atoms with Gasteiger partial charge in [0.25, 0.3) is 0 Å². The van der Waals surface area contributed by atoms with E-state index >= 15 is 0 Å². The third-order valence-corrected chi connectivity index (χ3v) is 6.51. The summed E-state index contributed by atoms with van der Waals surface area (Å²) in [4.78, 5) is 6.73. The Morgan fingerprint density at radius 1 is 0.857 bits per heavy atom. The molecule has 1 saturated heterocycles. The molecule has 3 heterocycles. The fourth-order valence-electron chi connectivity index (χ4n) is 5.04. The van der Waals surface area contributed by atoms with Crippen LogP contribution in [0.1, 0.15) is 28.4 Å². The standard InChI is InChI=1S/C28H27F3N4/c1-20-19-23(26(21-9-3-2-4-10-21)35(20)25-13-7-8-14-33-25)27(34-17-15-32-16-18-34)22-11-5-6-12-24(22)28(29,30)31/h2-14,19,27,32H,15-18H2,1H3. The first-order valence-electron chi connectivity index (χ1n) is 11.7. The van der Waals surface area contributed by atoms with Gasteiger partial charge in [-0.1, -0.05) is 54.6 Å². The molecule has 0 spiro atoms. The van der Waals surface area contributed by atoms with Crippen molar-refractivity contribution >= 4 is 0 Å². The van der Waals surface area contributed by atoms with E-state index in [1.165, 1.54) is 12.1 Å². The summed E-state index contributed by atoms with van der Waals surface area (Å²) < 4.78 is 44.7. The molecule has 5 rings (SSSR count). The van der Waals surface area contributed by atoms with Gasteiger partial charge in [0.2, 0.25) is 0 Å². The number of alkyl halides is 3. The van der Waals surface area contributed by atoms with E-state index in [2.05, 4.69) is 19.8 Å². The van der Waals surface area contributed by atoms with Crippen LogP contribution in [0.4, 0.5) is 13.2 Å². The number of benzene rings is 2. The molecule has 35 heavy (non-hydrogen) atoms. The van der Waals surface area contributed by atoms with Gasteiger partial charge in [-0.2, -0.15) is 13.2 Å². The quantitative estimate of drug-likeness (QED) is 0.392. The predicted octanol–water partition coefficient (Wildman–Crippen LogP) is 5.86. The summed E-state index contributed by atoms with van der Waals surface area (Å²) in [6, 6.07) is 23.0. The maximum absolute atomic E-state index is 14.2. The Morgan fingerprint density at radius 3 is 2.23 bits per heavy atom. The molecular formula is C28H27F3N4. The van der Waals surface area contributed by atoms with Gasteiger partial charge < -0.3 is 5.32 Å². The fourth-order valence-corrected chi connectivity index (χ4v) is 5.04. The maximum Gasteiger partial charge on any atom is 0.416 e. The number of piperazine rings is 1. The van der Waals surface area contributed by atoms with Crippen LogP contribution in [0.5, 0.6) is 0 Å². The Labute approximate surface area is 203 Å². The first-order chi connectivity index (χ1) is 16.9. The SMILES string of the molecule is Cc1cc(C(c2ccccc2C(F)(F)F)N2CCNCC2)c(-c2ccccc2)n1-c1ccccn1. The largest absolute Gasteiger partial charge is 0.416 e. The lowest BCUT2D eigenvalue weighted by Gasteiger charge is -2.37. The highest BCUT2D eigenvalue weighted by Crippen LogP contribution is 2.43. The van der Waals surface area contributed by atoms with Gasteiger partial charge >= 0.3 is 6.18 Å². The van der Waals surface area contributed by atoms with Gasteiger partial charge in [0, 0.05) is 43.6 Å². The second-order valence-corrected chi connectivity index (χ2v) is 8.75. The third kappa shape index (κ3) is 4.61. The van der Waals surface area contributed by atoms with E-state index in [0.717, 1.165) is 41.4 Å². The van der Waals surface area contributed by atoms with E-state index in [9.17, 15) is 13.2 Å². The van der Waals surface area contributed by atoms with Crippen LogP contribution >= 0.6 is 0 Å². The van der Waals surface area contributed by atoms with Crippen molar-refractivity contribution < 1.29 is 13.2 Å². The number of hydrogen-bond acceptors (Lipinski definition) is 3. The Kier molecular flexibility index (Phi) is 6.45. The molecule has 0 aliphatic carbocycles. The van der Waals surface area contributed by atoms with Crippen LogP contribution in [0.15, 0.2) is 85.1 Å². The molecule has 1 N–H and O–H groups in total. The van der Waals surface area contributed by atoms with Crippen molar-refractivity contribution in [3.63, 3.8) is 0 Å². The van der Waals surface area contributed by atoms with E-state index in [0.29, 0.717) is 13.1 Å². The summed E-state index contributed by atoms with van der Waals surface area (Å²) in [5.74, 6) is 0.735. The molecule has 180 valence electrons. The first kappa shape index (κ1) is 23.3. The van der Waals surface area contributed by atoms with Crippen molar-refractivity contribution in [1.29, 1.82) is 0 Å². The van der Waals surface area contributed by atoms with Gasteiger partial charge in [-0.25, -0.2) is 4.98 Å². The van der Waals surface area contributed by atoms with Crippen molar-refractivity contribution in [3.05, 3.63) is 107 Å². The minimum Gasteiger partial charge on any atom is -0.314 e. The van der Waals surface area contributed by atoms with Crippen molar-refractivity contribution in [2.24, 2.45) is 0 Å². The number of nitrogens with one attached hydrogen (secondary N) is 1. The summed E-state index contributed by atoms with van der Waals surface area (Å²) >= 11 is 0. The molecule has 2 aromatic heterocycles. The summed E-state index contributed by atoms with van der Waals surface area (Å²) in [6.45, 7) is 4.74. The van der Waals surface area contributed by atoms with E-state index in [4.69, 9.17) is 0 Å². The lowest BCUT2D eigenvalue weighted by molar-refractivity contribution is -0.138. The van der Waals surface area contributed by atoms with Crippen LogP contribution in [0.3, 0.4) is 0 Å². The zero-order chi connectivity index (χ0) is 24.4. The number of nitrogens with zero attached hydrogens (tertiary/aromatic N) is 3. The van der Waals surface area contributed by atoms with Gasteiger partial charge in [0.05, 0.1) is 17.3 Å². The summed E-state index contributed by atoms with van der Waals surface area (Å²) in [7, 11) is 0. The lowest BCUT2D eigenvalue weighted by atomic mass is 9.90. The van der Waals surface area contributed by atoms with E-state index in [1.54, 1.807) is 18.3 Å². The van der Waals surface area contributed by atoms with Crippen LogP contribution in [0.25, 0.3) is 17.1 Å². The molecule has 0 bridgehead atoms. The van der Waals surface area contributed by atoms with E-state index < -0.39 is 17.8 Å². The van der Waals surface area contributed by atoms with Crippen molar-refractivity contribution in [1.82, 2.24) is 19.8 Å². The number of pyridine rings is 1. The molecule has 1 atom stereocenters. The Bertz CT molecular complexity index is 1280. The molecule has 0 saturated carbocycles. The summed E-state index contributed by atoms with van der Waals surface area (Å²) in [5.41, 5.74) is 3.25. The van der Waals surface area contributed by atoms with Gasteiger partial charge in [-0.15, -0.1) is 0 Å². The molecule has 7 heteroatoms. The van der Waals surface area contributed by atoms with Gasteiger partial charge in [-0.3, -0.25) is 9.47 Å². The number of hydrogen-bond donors (Lipinski definition) is 1. The molecular weight excluding hydrogens is 449 g/mol. The zero-order valence-electron chi connectivity index (χ0n) is 19.5. The predicted molar refractivity (Wildman–Crippen MR) is 131 cm³/mol. The Balaban J connectivity index is 1.80. The maximum atomic E-state index is 14.2. The van der Waals surface area contributed by atoms with Gasteiger partial charge in [0.15, 0.2) is 0 Å². The number of halogens is 3. The molecule has 1 fully saturated rings. The molecule has 2 aromatic carbocycles. The second kappa shape index (κ2) is 9.68. The van der Waals surface area contributed by atoms with E-state index in [-0.39, 0.29) is 5.56 Å². The third-order valence-electron chi connectivity index (χ3n) is 6.51. The molecule has 0 radical (unpaired) electrons. The monoisotopic (exact) mass is 476 g/mol. The van der Waals surface area contributed by atoms with Crippen molar-refractivity contribution in [2.45, 2.75) is 19.1 Å². The highest BCUT2D eigenvalue weighted by atomic mass is 19.4. The number of aromatic nitrogens is 2. The normalized spacial score (nSPS) is 15.8. The molecule has 1 aliphatic rings. The topological polar surface area (TPSA) is 33.1 Å². The second-order valence-electron chi connectivity index (χ2n) is 8.75. The highest BCUT2D eigenvalue weighted by Gasteiger charge is 2.38. The Hall–Kier alpha value is -3.42.